The Hall–Kier alpha value is -5.16. The largest absolute Gasteiger partial charge is 0.494 e. The number of fused-ring (bicyclic) bond motifs is 1. The van der Waals surface area contributed by atoms with Crippen molar-refractivity contribution in [3.63, 3.8) is 0 Å². The van der Waals surface area contributed by atoms with Crippen molar-refractivity contribution < 1.29 is 27.7 Å². The van der Waals surface area contributed by atoms with Gasteiger partial charge in [-0.2, -0.15) is 4.98 Å². The van der Waals surface area contributed by atoms with Crippen LogP contribution in [0.15, 0.2) is 53.5 Å². The number of carbonyl (C=O) groups excluding carboxylic acids is 2. The standard InChI is InChI=1S/C44H51BrF2N11O4P/c1-5-27-22-33(53-44-51-24-30(45)41(55-44)52-34-25-50-42-39(48-11-12-49-42)40(34)63(3,4)61)36(62-2)23-35(27)58-14-9-28(10-15-58)57-18-16-56(17-19-57)13-8-26-20-31(46)38(32(47)21-26)29-6-7-37(59)54-43(29)60/h11-12,20-25,28-29H,5-10,13-19H2,1-4H3,(H,54,59,60)(H2,51,52,53,55). The van der Waals surface area contributed by atoms with E-state index in [1.54, 1.807) is 45.2 Å². The molecule has 332 valence electrons. The van der Waals surface area contributed by atoms with Crippen LogP contribution in [0.3, 0.4) is 0 Å². The second-order valence-corrected chi connectivity index (χ2v) is 20.6. The highest BCUT2D eigenvalue weighted by Gasteiger charge is 2.33. The Labute approximate surface area is 373 Å². The smallest absolute Gasteiger partial charge is 0.234 e. The third kappa shape index (κ3) is 9.83. The number of pyridine rings is 1. The molecule has 3 fully saturated rings. The van der Waals surface area contributed by atoms with Gasteiger partial charge >= 0.3 is 0 Å². The lowest BCUT2D eigenvalue weighted by Gasteiger charge is -2.43. The van der Waals surface area contributed by atoms with Crippen molar-refractivity contribution in [2.45, 2.75) is 57.4 Å². The minimum atomic E-state index is -2.83. The highest BCUT2D eigenvalue weighted by Crippen LogP contribution is 2.41. The fourth-order valence-electron chi connectivity index (χ4n) is 8.96. The Bertz CT molecular complexity index is 2560. The summed E-state index contributed by atoms with van der Waals surface area (Å²) in [5.41, 5.74) is 4.74. The van der Waals surface area contributed by atoms with E-state index in [0.717, 1.165) is 69.9 Å². The molecule has 3 aromatic heterocycles. The van der Waals surface area contributed by atoms with Crippen LogP contribution in [0.4, 0.5) is 37.6 Å². The topological polar surface area (TPSA) is 171 Å². The zero-order chi connectivity index (χ0) is 44.4. The van der Waals surface area contributed by atoms with Crippen LogP contribution in [0.5, 0.6) is 5.75 Å². The van der Waals surface area contributed by atoms with Gasteiger partial charge in [-0.3, -0.25) is 24.8 Å². The number of carbonyl (C=O) groups is 2. The van der Waals surface area contributed by atoms with Crippen LogP contribution in [0.2, 0.25) is 0 Å². The number of nitrogens with one attached hydrogen (secondary N) is 3. The fraction of sp³-hybridized carbons (Fsp3) is 0.432. The number of hydrogen-bond acceptors (Lipinski definition) is 14. The van der Waals surface area contributed by atoms with Crippen LogP contribution in [0.25, 0.3) is 11.2 Å². The Morgan fingerprint density at radius 3 is 2.32 bits per heavy atom. The molecular weight excluding hydrogens is 895 g/mol. The molecule has 15 nitrogen and oxygen atoms in total. The molecule has 8 rings (SSSR count). The van der Waals surface area contributed by atoms with Gasteiger partial charge < -0.3 is 29.7 Å². The van der Waals surface area contributed by atoms with Gasteiger partial charge in [-0.1, -0.05) is 6.92 Å². The predicted molar refractivity (Wildman–Crippen MR) is 244 cm³/mol. The van der Waals surface area contributed by atoms with E-state index in [0.29, 0.717) is 68.7 Å². The fourth-order valence-corrected chi connectivity index (χ4v) is 10.6. The number of amides is 2. The van der Waals surface area contributed by atoms with Crippen LogP contribution in [-0.2, 0) is 27.0 Å². The summed E-state index contributed by atoms with van der Waals surface area (Å²) in [6.07, 6.45) is 9.88. The summed E-state index contributed by atoms with van der Waals surface area (Å²) < 4.78 is 50.2. The maximum absolute atomic E-state index is 15.1. The quantitative estimate of drug-likeness (QED) is 0.0862. The van der Waals surface area contributed by atoms with Gasteiger partial charge in [0, 0.05) is 94.2 Å². The minimum Gasteiger partial charge on any atom is -0.494 e. The molecule has 63 heavy (non-hydrogen) atoms. The summed E-state index contributed by atoms with van der Waals surface area (Å²) in [7, 11) is -1.17. The van der Waals surface area contributed by atoms with Gasteiger partial charge in [0.1, 0.15) is 35.9 Å². The van der Waals surface area contributed by atoms with E-state index >= 15 is 8.78 Å². The molecule has 0 radical (unpaired) electrons. The molecule has 1 atom stereocenters. The first-order chi connectivity index (χ1) is 30.3. The number of nitrogens with zero attached hydrogens (tertiary/aromatic N) is 8. The number of aromatic nitrogens is 5. The Morgan fingerprint density at radius 1 is 0.905 bits per heavy atom. The molecule has 3 aliphatic heterocycles. The average molecular weight is 947 g/mol. The van der Waals surface area contributed by atoms with Gasteiger partial charge in [0.05, 0.1) is 40.4 Å². The minimum absolute atomic E-state index is 0.0623. The van der Waals surface area contributed by atoms with Crippen molar-refractivity contribution >= 4 is 80.2 Å². The average Bonchev–Trinajstić information content (AvgIpc) is 3.27. The van der Waals surface area contributed by atoms with Gasteiger partial charge in [0.15, 0.2) is 5.65 Å². The molecule has 0 bridgehead atoms. The number of aryl methyl sites for hydroxylation is 1. The highest BCUT2D eigenvalue weighted by atomic mass is 79.9. The van der Waals surface area contributed by atoms with Gasteiger partial charge in [0.25, 0.3) is 0 Å². The molecule has 5 aromatic rings. The maximum Gasteiger partial charge on any atom is 0.234 e. The summed E-state index contributed by atoms with van der Waals surface area (Å²) in [5, 5.41) is 9.39. The van der Waals surface area contributed by atoms with E-state index in [1.165, 1.54) is 17.7 Å². The van der Waals surface area contributed by atoms with Crippen molar-refractivity contribution in [2.75, 3.05) is 81.8 Å². The number of ether oxygens (including phenoxy) is 1. The first-order valence-electron chi connectivity index (χ1n) is 21.2. The first-order valence-corrected chi connectivity index (χ1v) is 24.6. The van der Waals surface area contributed by atoms with Gasteiger partial charge in [-0.25, -0.2) is 23.7 Å². The van der Waals surface area contributed by atoms with E-state index in [-0.39, 0.29) is 18.4 Å². The number of rotatable bonds is 13. The number of piperidine rings is 2. The lowest BCUT2D eigenvalue weighted by Crippen LogP contribution is -2.53. The van der Waals surface area contributed by atoms with Crippen molar-refractivity contribution in [1.29, 1.82) is 0 Å². The normalized spacial score (nSPS) is 18.1. The van der Waals surface area contributed by atoms with Crippen LogP contribution in [-0.4, -0.2) is 119 Å². The number of anilines is 5. The molecule has 3 aliphatic rings. The SMILES string of the molecule is CCc1cc(Nc2ncc(Br)c(Nc3cnc4nccnc4c3P(C)(C)=O)n2)c(OC)cc1N1CCC(N2CCN(CCc3cc(F)c(C4CCC(=O)NC4=O)c(F)c3)CC2)CC1. The number of hydrogen-bond donors (Lipinski definition) is 3. The summed E-state index contributed by atoms with van der Waals surface area (Å²) in [6, 6.07) is 7.32. The summed E-state index contributed by atoms with van der Waals surface area (Å²) in [5.74, 6) is -2.09. The molecule has 1 unspecified atom stereocenters. The van der Waals surface area contributed by atoms with Crippen molar-refractivity contribution in [1.82, 2.24) is 40.0 Å². The number of imide groups is 1. The molecule has 0 spiro atoms. The third-order valence-corrected chi connectivity index (χ3v) is 14.3. The number of benzene rings is 2. The zero-order valence-corrected chi connectivity index (χ0v) is 38.2. The Balaban J connectivity index is 0.868. The van der Waals surface area contributed by atoms with E-state index in [4.69, 9.17) is 9.72 Å². The third-order valence-electron chi connectivity index (χ3n) is 12.2. The molecule has 2 amide bonds. The van der Waals surface area contributed by atoms with Crippen LogP contribution in [0.1, 0.15) is 55.2 Å². The number of halogens is 3. The second kappa shape index (κ2) is 18.9. The molecular formula is C44H51BrF2N11O4P. The summed E-state index contributed by atoms with van der Waals surface area (Å²) >= 11 is 3.56. The zero-order valence-electron chi connectivity index (χ0n) is 35.8. The molecule has 0 saturated carbocycles. The lowest BCUT2D eigenvalue weighted by atomic mass is 9.89. The van der Waals surface area contributed by atoms with E-state index in [2.05, 4.69) is 85.6 Å². The van der Waals surface area contributed by atoms with Gasteiger partial charge in [0.2, 0.25) is 17.8 Å². The van der Waals surface area contributed by atoms with Crippen LogP contribution in [0, 0.1) is 11.6 Å². The van der Waals surface area contributed by atoms with Gasteiger partial charge in [-0.05, 0) is 90.7 Å². The van der Waals surface area contributed by atoms with Crippen molar-refractivity contribution in [3.8, 4) is 5.75 Å². The Kier molecular flexibility index (Phi) is 13.3. The summed E-state index contributed by atoms with van der Waals surface area (Å²) in [6.45, 7) is 11.6. The van der Waals surface area contributed by atoms with Crippen LogP contribution < -0.4 is 30.9 Å². The highest BCUT2D eigenvalue weighted by molar-refractivity contribution is 9.10. The van der Waals surface area contributed by atoms with Crippen LogP contribution >= 0.6 is 23.1 Å². The van der Waals surface area contributed by atoms with E-state index in [9.17, 15) is 14.2 Å². The first kappa shape index (κ1) is 44.4. The van der Waals surface area contributed by atoms with Crippen molar-refractivity contribution in [2.24, 2.45) is 0 Å². The number of methoxy groups -OCH3 is 1. The lowest BCUT2D eigenvalue weighted by molar-refractivity contribution is -0.134. The monoisotopic (exact) mass is 945 g/mol. The number of piperazine rings is 1. The predicted octanol–water partition coefficient (Wildman–Crippen LogP) is 6.51. The van der Waals surface area contributed by atoms with Crippen molar-refractivity contribution in [3.05, 3.63) is 81.9 Å². The molecule has 2 aromatic carbocycles. The van der Waals surface area contributed by atoms with E-state index in [1.807, 2.05) is 0 Å². The Morgan fingerprint density at radius 2 is 1.63 bits per heavy atom. The summed E-state index contributed by atoms with van der Waals surface area (Å²) in [4.78, 5) is 53.6. The van der Waals surface area contributed by atoms with E-state index < -0.39 is 36.5 Å². The molecule has 6 heterocycles. The molecule has 3 N–H and O–H groups in total. The second-order valence-electron chi connectivity index (χ2n) is 16.6. The van der Waals surface area contributed by atoms with Gasteiger partial charge in [-0.15, -0.1) is 0 Å². The molecule has 0 aliphatic carbocycles. The molecule has 19 heteroatoms. The maximum atomic E-state index is 15.1. The molecule has 3 saturated heterocycles.